The van der Waals surface area contributed by atoms with Crippen molar-refractivity contribution < 1.29 is 0 Å². The molecule has 0 N–H and O–H groups in total. The lowest BCUT2D eigenvalue weighted by Crippen LogP contribution is -2.74. The zero-order valence-corrected chi connectivity index (χ0v) is 33.5. The fourth-order valence-electron chi connectivity index (χ4n) is 8.56. The van der Waals surface area contributed by atoms with E-state index in [-0.39, 0.29) is 0 Å². The maximum atomic E-state index is 4.38. The van der Waals surface area contributed by atoms with Crippen LogP contribution in [0.4, 0.5) is 5.69 Å². The van der Waals surface area contributed by atoms with Gasteiger partial charge in [-0.2, -0.15) is 0 Å². The van der Waals surface area contributed by atoms with Crippen molar-refractivity contribution in [1.29, 1.82) is 0 Å². The summed E-state index contributed by atoms with van der Waals surface area (Å²) in [4.78, 5) is 2.13. The third kappa shape index (κ3) is 5.86. The smallest absolute Gasteiger partial charge is 0.179 e. The molecule has 0 amide bonds. The van der Waals surface area contributed by atoms with Crippen molar-refractivity contribution in [2.45, 2.75) is 13.8 Å². The van der Waals surface area contributed by atoms with Gasteiger partial charge in [0.15, 0.2) is 8.07 Å². The first-order valence-corrected chi connectivity index (χ1v) is 21.9. The van der Waals surface area contributed by atoms with E-state index in [0.717, 1.165) is 22.8 Å². The first kappa shape index (κ1) is 35.3. The lowest BCUT2D eigenvalue weighted by Gasteiger charge is -2.34. The third-order valence-electron chi connectivity index (χ3n) is 10.9. The second-order valence-electron chi connectivity index (χ2n) is 14.3. The molecule has 9 rings (SSSR count). The minimum Gasteiger partial charge on any atom is -0.316 e. The van der Waals surface area contributed by atoms with Gasteiger partial charge >= 0.3 is 0 Å². The molecule has 0 spiro atoms. The molecule has 2 heterocycles. The summed E-state index contributed by atoms with van der Waals surface area (Å²) in [6.45, 7) is 12.7. The average Bonchev–Trinajstić information content (AvgIpc) is 3.77. The van der Waals surface area contributed by atoms with E-state index in [1.54, 1.807) is 0 Å². The first-order chi connectivity index (χ1) is 27.5. The molecule has 0 fully saturated rings. The van der Waals surface area contributed by atoms with E-state index in [2.05, 4.69) is 192 Å². The van der Waals surface area contributed by atoms with Gasteiger partial charge in [-0.15, -0.1) is 11.3 Å². The van der Waals surface area contributed by atoms with Crippen LogP contribution in [0.1, 0.15) is 13.8 Å². The largest absolute Gasteiger partial charge is 0.316 e. The topological polar surface area (TPSA) is 8.17 Å². The lowest BCUT2D eigenvalue weighted by molar-refractivity contribution is 1.12. The van der Waals surface area contributed by atoms with Crippen molar-refractivity contribution in [2.24, 2.45) is 0 Å². The van der Waals surface area contributed by atoms with Gasteiger partial charge in [0, 0.05) is 53.7 Å². The van der Waals surface area contributed by atoms with E-state index in [9.17, 15) is 0 Å². The molecule has 0 saturated heterocycles. The minimum absolute atomic E-state index is 0.874. The van der Waals surface area contributed by atoms with Gasteiger partial charge in [-0.05, 0) is 89.2 Å². The van der Waals surface area contributed by atoms with Crippen LogP contribution in [0.5, 0.6) is 0 Å². The fourth-order valence-corrected chi connectivity index (χ4v) is 14.4. The van der Waals surface area contributed by atoms with Crippen molar-refractivity contribution in [3.8, 4) is 5.69 Å². The van der Waals surface area contributed by atoms with Gasteiger partial charge in [0.05, 0.1) is 11.0 Å². The highest BCUT2D eigenvalue weighted by Gasteiger charge is 2.41. The predicted octanol–water partition coefficient (Wildman–Crippen LogP) is 11.5. The Morgan fingerprint density at radius 1 is 0.554 bits per heavy atom. The van der Waals surface area contributed by atoms with Crippen LogP contribution in [0, 0.1) is 0 Å². The van der Waals surface area contributed by atoms with Crippen LogP contribution in [0.15, 0.2) is 219 Å². The van der Waals surface area contributed by atoms with Crippen molar-refractivity contribution in [3.05, 3.63) is 219 Å². The second-order valence-corrected chi connectivity index (χ2v) is 19.2. The number of anilines is 1. The van der Waals surface area contributed by atoms with Gasteiger partial charge in [0.25, 0.3) is 0 Å². The molecule has 0 unspecified atom stereocenters. The van der Waals surface area contributed by atoms with E-state index in [1.165, 1.54) is 62.7 Å². The molecule has 7 aromatic carbocycles. The number of hydrogen-bond acceptors (Lipinski definition) is 2. The normalized spacial score (nSPS) is 12.1. The Balaban J connectivity index is 1.25. The summed E-state index contributed by atoms with van der Waals surface area (Å²) < 4.78 is 4.97. The molecule has 2 aromatic heterocycles. The van der Waals surface area contributed by atoms with Crippen molar-refractivity contribution in [1.82, 2.24) is 4.57 Å². The Labute approximate surface area is 333 Å². The van der Waals surface area contributed by atoms with Crippen LogP contribution in [0.3, 0.4) is 0 Å². The van der Waals surface area contributed by atoms with Gasteiger partial charge in [-0.25, -0.2) is 0 Å². The number of thiophene rings is 1. The number of para-hydroxylation sites is 1. The maximum absolute atomic E-state index is 4.38. The summed E-state index contributed by atoms with van der Waals surface area (Å²) in [5, 5.41) is 10.5. The first-order valence-electron chi connectivity index (χ1n) is 19.1. The zero-order chi connectivity index (χ0) is 38.2. The molecule has 56 heavy (non-hydrogen) atoms. The molecule has 0 radical (unpaired) electrons. The molecule has 0 aliphatic heterocycles. The highest BCUT2D eigenvalue weighted by atomic mass is 32.1. The standard InChI is InChI=1S/C52H42N2SSi/c1-5-6-10-19-38(4)53(37(2)3)39-28-32-51-47(34-39)48-35-40(29-33-52(48)55-51)54-49-27-18-17-26-45(49)46-36-44(30-31-50(46)54)56(41-20-11-7-12-21-41,42-22-13-8-14-23-42)43-24-15-9-16-25-43/h5-36H,2,4H2,1,3H3/b6-5-,19-10-. The number of fused-ring (bicyclic) bond motifs is 6. The highest BCUT2D eigenvalue weighted by molar-refractivity contribution is 7.25. The van der Waals surface area contributed by atoms with Crippen molar-refractivity contribution in [3.63, 3.8) is 0 Å². The molecule has 270 valence electrons. The molecule has 0 aliphatic rings. The Morgan fingerprint density at radius 3 is 1.75 bits per heavy atom. The number of allylic oxidation sites excluding steroid dienone is 5. The van der Waals surface area contributed by atoms with Crippen molar-refractivity contribution >= 4 is 87.8 Å². The van der Waals surface area contributed by atoms with Gasteiger partial charge < -0.3 is 9.47 Å². The molecular formula is C52H42N2SSi. The van der Waals surface area contributed by atoms with E-state index in [4.69, 9.17) is 0 Å². The average molecular weight is 755 g/mol. The molecule has 9 aromatic rings. The van der Waals surface area contributed by atoms with Gasteiger partial charge in [-0.3, -0.25) is 0 Å². The van der Waals surface area contributed by atoms with E-state index < -0.39 is 8.07 Å². The molecule has 0 atom stereocenters. The van der Waals surface area contributed by atoms with E-state index in [1.807, 2.05) is 49.5 Å². The quantitative estimate of drug-likeness (QED) is 0.0767. The summed E-state index contributed by atoms with van der Waals surface area (Å²) >= 11 is 1.84. The maximum Gasteiger partial charge on any atom is 0.179 e. The highest BCUT2D eigenvalue weighted by Crippen LogP contribution is 2.40. The Hall–Kier alpha value is -6.46. The monoisotopic (exact) mass is 754 g/mol. The third-order valence-corrected chi connectivity index (χ3v) is 16.9. The van der Waals surface area contributed by atoms with Crippen LogP contribution in [-0.2, 0) is 0 Å². The van der Waals surface area contributed by atoms with Gasteiger partial charge in [0.2, 0.25) is 0 Å². The van der Waals surface area contributed by atoms with Crippen LogP contribution in [0.2, 0.25) is 0 Å². The number of nitrogens with zero attached hydrogens (tertiary/aromatic N) is 2. The zero-order valence-electron chi connectivity index (χ0n) is 31.7. The number of benzene rings is 7. The van der Waals surface area contributed by atoms with E-state index in [0.29, 0.717) is 0 Å². The molecule has 2 nitrogen and oxygen atoms in total. The molecule has 4 heteroatoms. The van der Waals surface area contributed by atoms with E-state index >= 15 is 0 Å². The number of rotatable bonds is 10. The van der Waals surface area contributed by atoms with Crippen molar-refractivity contribution in [2.75, 3.05) is 4.90 Å². The predicted molar refractivity (Wildman–Crippen MR) is 248 cm³/mol. The molecule has 0 bridgehead atoms. The number of aromatic nitrogens is 1. The second kappa shape index (κ2) is 14.6. The summed E-state index contributed by atoms with van der Waals surface area (Å²) in [7, 11) is -2.70. The Bertz CT molecular complexity index is 2870. The Morgan fingerprint density at radius 2 is 1.12 bits per heavy atom. The van der Waals surface area contributed by atoms with Crippen LogP contribution in [0.25, 0.3) is 47.7 Å². The van der Waals surface area contributed by atoms with Crippen LogP contribution < -0.4 is 25.6 Å². The van der Waals surface area contributed by atoms with Gasteiger partial charge in [0.1, 0.15) is 0 Å². The summed E-state index contributed by atoms with van der Waals surface area (Å²) in [5.41, 5.74) is 6.39. The van der Waals surface area contributed by atoms with Crippen LogP contribution >= 0.6 is 11.3 Å². The SMILES string of the molecule is C=C(C)N(C(=C)/C=C\C=C/C)c1ccc2sc3ccc(-n4c5ccccc5c5cc([Si](c6ccccc6)(c6ccccc6)c6ccccc6)ccc54)cc3c2c1. The lowest BCUT2D eigenvalue weighted by atomic mass is 10.1. The summed E-state index contributed by atoms with van der Waals surface area (Å²) in [6.07, 6.45) is 8.08. The summed E-state index contributed by atoms with van der Waals surface area (Å²) in [6, 6.07) is 63.3. The molecule has 0 aliphatic carbocycles. The molecular weight excluding hydrogens is 713 g/mol. The van der Waals surface area contributed by atoms with Crippen LogP contribution in [-0.4, -0.2) is 12.6 Å². The summed E-state index contributed by atoms with van der Waals surface area (Å²) in [5.74, 6) is 0. The Kier molecular flexibility index (Phi) is 9.22. The number of hydrogen-bond donors (Lipinski definition) is 0. The fraction of sp³-hybridized carbons (Fsp3) is 0.0385. The minimum atomic E-state index is -2.70. The van der Waals surface area contributed by atoms with Gasteiger partial charge in [-0.1, -0.05) is 153 Å². The molecule has 0 saturated carbocycles.